The van der Waals surface area contributed by atoms with Gasteiger partial charge in [-0.2, -0.15) is 0 Å². The van der Waals surface area contributed by atoms with Gasteiger partial charge in [0.2, 0.25) is 5.91 Å². The molecule has 2 aliphatic rings. The number of nitrogens with zero attached hydrogens (tertiary/aromatic N) is 2. The maximum absolute atomic E-state index is 11.7. The number of halogens is 1. The lowest BCUT2D eigenvalue weighted by atomic mass is 9.98. The number of benzene rings is 1. The van der Waals surface area contributed by atoms with Gasteiger partial charge in [-0.05, 0) is 73.4 Å². The highest BCUT2D eigenvalue weighted by atomic mass is 79.9. The average Bonchev–Trinajstić information content (AvgIpc) is 2.95. The van der Waals surface area contributed by atoms with Crippen LogP contribution in [-0.2, 0) is 11.2 Å². The second-order valence-corrected chi connectivity index (χ2v) is 8.75. The predicted molar refractivity (Wildman–Crippen MR) is 105 cm³/mol. The first-order chi connectivity index (χ1) is 11.8. The number of rotatable bonds is 3. The second-order valence-electron chi connectivity index (χ2n) is 7.90. The monoisotopic (exact) mass is 406 g/mol. The number of amides is 1. The smallest absolute Gasteiger partial charge is 0.223 e. The van der Waals surface area contributed by atoms with Gasteiger partial charge < -0.3 is 14.5 Å². The molecule has 1 aromatic carbocycles. The number of anilines is 1. The fourth-order valence-electron chi connectivity index (χ4n) is 3.42. The first kappa shape index (κ1) is 18.3. The maximum Gasteiger partial charge on any atom is 0.223 e. The van der Waals surface area contributed by atoms with Crippen molar-refractivity contribution in [3.05, 3.63) is 34.4 Å². The van der Waals surface area contributed by atoms with Crippen molar-refractivity contribution >= 4 is 27.5 Å². The highest BCUT2D eigenvalue weighted by Crippen LogP contribution is 2.37. The van der Waals surface area contributed by atoms with Crippen molar-refractivity contribution in [3.63, 3.8) is 0 Å². The molecule has 3 rings (SSSR count). The molecular formula is C20H27BrN2O2. The summed E-state index contributed by atoms with van der Waals surface area (Å²) < 4.78 is 7.01. The standard InChI is InChI=1S/C20H27BrN2O2/c1-14(24)23-10-7-16-11-19(17(21)12-18(16)23)25-13-15-5-8-22(9-6-15)20(2,3)4/h5,8,11-12,15H,6-7,9-10,13H2,1-4H3. The van der Waals surface area contributed by atoms with Gasteiger partial charge in [0.15, 0.2) is 0 Å². The fraction of sp³-hybridized carbons (Fsp3) is 0.550. The molecule has 0 radical (unpaired) electrons. The zero-order valence-electron chi connectivity index (χ0n) is 15.5. The molecule has 0 saturated heterocycles. The lowest BCUT2D eigenvalue weighted by molar-refractivity contribution is -0.116. The summed E-state index contributed by atoms with van der Waals surface area (Å²) in [5.41, 5.74) is 2.37. The molecule has 25 heavy (non-hydrogen) atoms. The summed E-state index contributed by atoms with van der Waals surface area (Å²) in [6.07, 6.45) is 6.46. The van der Waals surface area contributed by atoms with E-state index in [0.29, 0.717) is 12.5 Å². The van der Waals surface area contributed by atoms with E-state index in [1.807, 2.05) is 11.0 Å². The fourth-order valence-corrected chi connectivity index (χ4v) is 3.87. The lowest BCUT2D eigenvalue weighted by Crippen LogP contribution is -2.40. The molecule has 4 nitrogen and oxygen atoms in total. The number of ether oxygens (including phenoxy) is 1. The Balaban J connectivity index is 1.64. The van der Waals surface area contributed by atoms with Crippen molar-refractivity contribution in [1.82, 2.24) is 4.90 Å². The van der Waals surface area contributed by atoms with E-state index < -0.39 is 0 Å². The Morgan fingerprint density at radius 1 is 1.32 bits per heavy atom. The zero-order chi connectivity index (χ0) is 18.2. The summed E-state index contributed by atoms with van der Waals surface area (Å²) >= 11 is 3.60. The lowest BCUT2D eigenvalue weighted by Gasteiger charge is -2.38. The first-order valence-electron chi connectivity index (χ1n) is 8.94. The van der Waals surface area contributed by atoms with Crippen LogP contribution < -0.4 is 9.64 Å². The van der Waals surface area contributed by atoms with Crippen LogP contribution in [0.2, 0.25) is 0 Å². The molecule has 0 fully saturated rings. The van der Waals surface area contributed by atoms with Gasteiger partial charge in [-0.25, -0.2) is 0 Å². The van der Waals surface area contributed by atoms with E-state index >= 15 is 0 Å². The van der Waals surface area contributed by atoms with Crippen molar-refractivity contribution in [2.75, 3.05) is 24.6 Å². The summed E-state index contributed by atoms with van der Waals surface area (Å²) in [4.78, 5) is 15.9. The van der Waals surface area contributed by atoms with Gasteiger partial charge in [0.05, 0.1) is 11.1 Å². The SMILES string of the molecule is CC(=O)N1CCc2cc(OCC3C=CN(C(C)(C)C)CC3)c(Br)cc21. The van der Waals surface area contributed by atoms with E-state index in [2.05, 4.69) is 59.9 Å². The van der Waals surface area contributed by atoms with Gasteiger partial charge in [0.25, 0.3) is 0 Å². The summed E-state index contributed by atoms with van der Waals surface area (Å²) in [6.45, 7) is 10.8. The van der Waals surface area contributed by atoms with Crippen LogP contribution in [-0.4, -0.2) is 36.0 Å². The molecule has 0 saturated carbocycles. The minimum Gasteiger partial charge on any atom is -0.492 e. The van der Waals surface area contributed by atoms with Crippen LogP contribution in [0, 0.1) is 5.92 Å². The van der Waals surface area contributed by atoms with Crippen LogP contribution in [0.5, 0.6) is 5.75 Å². The molecule has 136 valence electrons. The van der Waals surface area contributed by atoms with Crippen LogP contribution in [0.25, 0.3) is 0 Å². The van der Waals surface area contributed by atoms with Crippen LogP contribution in [0.15, 0.2) is 28.9 Å². The molecule has 5 heteroatoms. The minimum absolute atomic E-state index is 0.0927. The third-order valence-corrected chi connectivity index (χ3v) is 5.62. The highest BCUT2D eigenvalue weighted by Gasteiger charge is 2.25. The zero-order valence-corrected chi connectivity index (χ0v) is 17.1. The second kappa shape index (κ2) is 7.02. The molecule has 0 aliphatic carbocycles. The number of carbonyl (C=O) groups is 1. The molecule has 0 N–H and O–H groups in total. The molecule has 2 heterocycles. The summed E-state index contributed by atoms with van der Waals surface area (Å²) in [7, 11) is 0. The highest BCUT2D eigenvalue weighted by molar-refractivity contribution is 9.10. The predicted octanol–water partition coefficient (Wildman–Crippen LogP) is 4.37. The van der Waals surface area contributed by atoms with E-state index in [1.165, 1.54) is 5.56 Å². The maximum atomic E-state index is 11.7. The molecule has 1 aromatic rings. The molecule has 1 atom stereocenters. The van der Waals surface area contributed by atoms with E-state index in [4.69, 9.17) is 4.74 Å². The van der Waals surface area contributed by atoms with Crippen molar-refractivity contribution in [2.45, 2.75) is 46.1 Å². The van der Waals surface area contributed by atoms with Crippen LogP contribution >= 0.6 is 15.9 Å². The van der Waals surface area contributed by atoms with Crippen molar-refractivity contribution in [1.29, 1.82) is 0 Å². The minimum atomic E-state index is 0.0927. The van der Waals surface area contributed by atoms with Gasteiger partial charge >= 0.3 is 0 Å². The van der Waals surface area contributed by atoms with Gasteiger partial charge in [-0.3, -0.25) is 4.79 Å². The van der Waals surface area contributed by atoms with E-state index in [1.54, 1.807) is 6.92 Å². The molecule has 0 spiro atoms. The topological polar surface area (TPSA) is 32.8 Å². The molecule has 1 unspecified atom stereocenters. The van der Waals surface area contributed by atoms with Gasteiger partial charge in [0, 0.05) is 37.2 Å². The Bertz CT molecular complexity index is 694. The molecule has 2 aliphatic heterocycles. The summed E-state index contributed by atoms with van der Waals surface area (Å²) in [6, 6.07) is 4.09. The number of carbonyl (C=O) groups excluding carboxylic acids is 1. The molecule has 0 bridgehead atoms. The molecular weight excluding hydrogens is 380 g/mol. The number of hydrogen-bond acceptors (Lipinski definition) is 3. The number of fused-ring (bicyclic) bond motifs is 1. The van der Waals surface area contributed by atoms with Crippen molar-refractivity contribution < 1.29 is 9.53 Å². The summed E-state index contributed by atoms with van der Waals surface area (Å²) in [5, 5.41) is 0. The quantitative estimate of drug-likeness (QED) is 0.746. The average molecular weight is 407 g/mol. The van der Waals surface area contributed by atoms with Crippen LogP contribution in [0.3, 0.4) is 0 Å². The normalized spacial score (nSPS) is 20.0. The van der Waals surface area contributed by atoms with Gasteiger partial charge in [-0.15, -0.1) is 0 Å². The van der Waals surface area contributed by atoms with Gasteiger partial charge in [0.1, 0.15) is 5.75 Å². The Labute approximate surface area is 159 Å². The van der Waals surface area contributed by atoms with Gasteiger partial charge in [-0.1, -0.05) is 6.08 Å². The Kier molecular flexibility index (Phi) is 5.14. The molecule has 1 amide bonds. The summed E-state index contributed by atoms with van der Waals surface area (Å²) in [5.74, 6) is 1.40. The van der Waals surface area contributed by atoms with Crippen molar-refractivity contribution in [3.8, 4) is 5.75 Å². The Hall–Kier alpha value is -1.49. The first-order valence-corrected chi connectivity index (χ1v) is 9.73. The third kappa shape index (κ3) is 4.02. The van der Waals surface area contributed by atoms with Crippen molar-refractivity contribution in [2.24, 2.45) is 5.92 Å². The van der Waals surface area contributed by atoms with E-state index in [-0.39, 0.29) is 11.4 Å². The Morgan fingerprint density at radius 2 is 2.08 bits per heavy atom. The number of hydrogen-bond donors (Lipinski definition) is 0. The third-order valence-electron chi connectivity index (χ3n) is 5.00. The Morgan fingerprint density at radius 3 is 2.68 bits per heavy atom. The van der Waals surface area contributed by atoms with Crippen LogP contribution in [0.4, 0.5) is 5.69 Å². The van der Waals surface area contributed by atoms with E-state index in [0.717, 1.165) is 41.8 Å². The van der Waals surface area contributed by atoms with E-state index in [9.17, 15) is 4.79 Å². The largest absolute Gasteiger partial charge is 0.492 e. The molecule has 0 aromatic heterocycles. The van der Waals surface area contributed by atoms with Crippen LogP contribution in [0.1, 0.15) is 39.7 Å².